The van der Waals surface area contributed by atoms with Crippen molar-refractivity contribution in [2.45, 2.75) is 6.61 Å². The topological polar surface area (TPSA) is 52.3 Å². The second-order valence-electron chi connectivity index (χ2n) is 3.24. The van der Waals surface area contributed by atoms with Crippen molar-refractivity contribution in [2.24, 2.45) is 0 Å². The van der Waals surface area contributed by atoms with Gasteiger partial charge in [-0.3, -0.25) is 0 Å². The van der Waals surface area contributed by atoms with Crippen LogP contribution in [0.15, 0.2) is 41.8 Å². The molecule has 0 saturated carbocycles. The molecular formula is C12H11NO2S. The van der Waals surface area contributed by atoms with Crippen LogP contribution in [-0.4, -0.2) is 5.97 Å². The first-order valence-electron chi connectivity index (χ1n) is 4.81. The molecule has 0 spiro atoms. The molecule has 16 heavy (non-hydrogen) atoms. The minimum Gasteiger partial charge on any atom is -0.456 e. The first-order chi connectivity index (χ1) is 7.77. The van der Waals surface area contributed by atoms with E-state index in [9.17, 15) is 4.79 Å². The minimum absolute atomic E-state index is 0.296. The van der Waals surface area contributed by atoms with Crippen LogP contribution in [0.4, 0.5) is 5.69 Å². The van der Waals surface area contributed by atoms with Crippen LogP contribution >= 0.6 is 11.3 Å². The highest BCUT2D eigenvalue weighted by Gasteiger charge is 2.10. The van der Waals surface area contributed by atoms with Crippen LogP contribution in [0.1, 0.15) is 15.2 Å². The molecule has 0 radical (unpaired) electrons. The number of benzene rings is 1. The van der Waals surface area contributed by atoms with E-state index < -0.39 is 0 Å². The lowest BCUT2D eigenvalue weighted by Crippen LogP contribution is -2.07. The average Bonchev–Trinajstić information content (AvgIpc) is 2.79. The lowest BCUT2D eigenvalue weighted by Gasteiger charge is -2.05. The van der Waals surface area contributed by atoms with Gasteiger partial charge in [-0.25, -0.2) is 4.79 Å². The van der Waals surface area contributed by atoms with Gasteiger partial charge in [0.25, 0.3) is 0 Å². The van der Waals surface area contributed by atoms with E-state index in [0.29, 0.717) is 17.9 Å². The molecule has 0 unspecified atom stereocenters. The normalized spacial score (nSPS) is 10.0. The Hall–Kier alpha value is -1.81. The quantitative estimate of drug-likeness (QED) is 0.655. The Balaban J connectivity index is 2.01. The zero-order chi connectivity index (χ0) is 11.4. The summed E-state index contributed by atoms with van der Waals surface area (Å²) in [5, 5.41) is 1.94. The predicted molar refractivity (Wildman–Crippen MR) is 64.3 cm³/mol. The molecule has 0 aliphatic heterocycles. The Bertz CT molecular complexity index is 480. The molecule has 0 saturated heterocycles. The Morgan fingerprint density at radius 3 is 2.75 bits per heavy atom. The lowest BCUT2D eigenvalue weighted by atomic mass is 10.2. The summed E-state index contributed by atoms with van der Waals surface area (Å²) in [6.45, 7) is 0.296. The Morgan fingerprint density at radius 2 is 2.06 bits per heavy atom. The SMILES string of the molecule is Nc1ccccc1C(=O)OCc1cccs1. The van der Waals surface area contributed by atoms with Crippen LogP contribution in [0.2, 0.25) is 0 Å². The van der Waals surface area contributed by atoms with Crippen molar-refractivity contribution in [3.05, 3.63) is 52.2 Å². The van der Waals surface area contributed by atoms with Crippen LogP contribution in [0.5, 0.6) is 0 Å². The number of carbonyl (C=O) groups is 1. The highest BCUT2D eigenvalue weighted by molar-refractivity contribution is 7.09. The van der Waals surface area contributed by atoms with Gasteiger partial charge in [0.15, 0.2) is 0 Å². The molecular weight excluding hydrogens is 222 g/mol. The number of carbonyl (C=O) groups excluding carboxylic acids is 1. The van der Waals surface area contributed by atoms with E-state index in [0.717, 1.165) is 4.88 Å². The molecule has 0 aliphatic carbocycles. The molecule has 0 aliphatic rings. The molecule has 82 valence electrons. The van der Waals surface area contributed by atoms with Gasteiger partial charge in [-0.15, -0.1) is 11.3 Å². The van der Waals surface area contributed by atoms with Crippen LogP contribution < -0.4 is 5.73 Å². The fourth-order valence-electron chi connectivity index (χ4n) is 1.29. The number of nitrogens with two attached hydrogens (primary N) is 1. The molecule has 1 aromatic heterocycles. The average molecular weight is 233 g/mol. The maximum Gasteiger partial charge on any atom is 0.340 e. The molecule has 2 N–H and O–H groups in total. The van der Waals surface area contributed by atoms with E-state index in [-0.39, 0.29) is 5.97 Å². The molecule has 2 rings (SSSR count). The zero-order valence-electron chi connectivity index (χ0n) is 8.55. The predicted octanol–water partition coefficient (Wildman–Crippen LogP) is 2.69. The third kappa shape index (κ3) is 2.41. The van der Waals surface area contributed by atoms with E-state index in [4.69, 9.17) is 10.5 Å². The van der Waals surface area contributed by atoms with E-state index in [1.807, 2.05) is 17.5 Å². The molecule has 0 atom stereocenters. The van der Waals surface area contributed by atoms with Crippen LogP contribution in [0, 0.1) is 0 Å². The summed E-state index contributed by atoms with van der Waals surface area (Å²) in [7, 11) is 0. The van der Waals surface area contributed by atoms with Crippen LogP contribution in [-0.2, 0) is 11.3 Å². The molecule has 0 bridgehead atoms. The van der Waals surface area contributed by atoms with Gasteiger partial charge in [0.1, 0.15) is 6.61 Å². The summed E-state index contributed by atoms with van der Waals surface area (Å²) in [5.41, 5.74) is 6.53. The number of esters is 1. The lowest BCUT2D eigenvalue weighted by molar-refractivity contribution is 0.0478. The summed E-state index contributed by atoms with van der Waals surface area (Å²) in [6, 6.07) is 10.7. The molecule has 3 nitrogen and oxygen atoms in total. The van der Waals surface area contributed by atoms with Gasteiger partial charge in [0.2, 0.25) is 0 Å². The van der Waals surface area contributed by atoms with Crippen LogP contribution in [0.3, 0.4) is 0 Å². The first kappa shape index (κ1) is 10.7. The number of ether oxygens (including phenoxy) is 1. The first-order valence-corrected chi connectivity index (χ1v) is 5.69. The monoisotopic (exact) mass is 233 g/mol. The number of rotatable bonds is 3. The van der Waals surface area contributed by atoms with Crippen molar-refractivity contribution >= 4 is 23.0 Å². The van der Waals surface area contributed by atoms with Gasteiger partial charge >= 0.3 is 5.97 Å². The second-order valence-corrected chi connectivity index (χ2v) is 4.27. The number of hydrogen-bond acceptors (Lipinski definition) is 4. The van der Waals surface area contributed by atoms with Gasteiger partial charge in [0.05, 0.1) is 5.56 Å². The Labute approximate surface area is 97.5 Å². The molecule has 1 aromatic carbocycles. The van der Waals surface area contributed by atoms with Gasteiger partial charge in [-0.1, -0.05) is 18.2 Å². The van der Waals surface area contributed by atoms with E-state index in [1.165, 1.54) is 0 Å². The fourth-order valence-corrected chi connectivity index (χ4v) is 1.91. The maximum absolute atomic E-state index is 11.7. The molecule has 1 heterocycles. The van der Waals surface area contributed by atoms with Gasteiger partial charge < -0.3 is 10.5 Å². The smallest absolute Gasteiger partial charge is 0.340 e. The van der Waals surface area contributed by atoms with Crippen molar-refractivity contribution in [1.82, 2.24) is 0 Å². The summed E-state index contributed by atoms with van der Waals surface area (Å²) < 4.78 is 5.14. The second kappa shape index (κ2) is 4.81. The van der Waals surface area contributed by atoms with E-state index in [1.54, 1.807) is 35.6 Å². The summed E-state index contributed by atoms with van der Waals surface area (Å²) in [4.78, 5) is 12.7. The summed E-state index contributed by atoms with van der Waals surface area (Å²) in [5.74, 6) is -0.383. The van der Waals surface area contributed by atoms with Gasteiger partial charge in [0, 0.05) is 10.6 Å². The number of para-hydroxylation sites is 1. The van der Waals surface area contributed by atoms with E-state index >= 15 is 0 Å². The van der Waals surface area contributed by atoms with Crippen molar-refractivity contribution in [3.8, 4) is 0 Å². The fraction of sp³-hybridized carbons (Fsp3) is 0.0833. The van der Waals surface area contributed by atoms with Crippen molar-refractivity contribution in [3.63, 3.8) is 0 Å². The molecule has 4 heteroatoms. The van der Waals surface area contributed by atoms with Crippen LogP contribution in [0.25, 0.3) is 0 Å². The largest absolute Gasteiger partial charge is 0.456 e. The summed E-state index contributed by atoms with van der Waals surface area (Å²) >= 11 is 1.56. The van der Waals surface area contributed by atoms with Crippen molar-refractivity contribution < 1.29 is 9.53 Å². The zero-order valence-corrected chi connectivity index (χ0v) is 9.37. The third-order valence-corrected chi connectivity index (χ3v) is 2.96. The van der Waals surface area contributed by atoms with Gasteiger partial charge in [-0.2, -0.15) is 0 Å². The van der Waals surface area contributed by atoms with Crippen molar-refractivity contribution in [1.29, 1.82) is 0 Å². The number of anilines is 1. The molecule has 2 aromatic rings. The third-order valence-electron chi connectivity index (χ3n) is 2.11. The highest BCUT2D eigenvalue weighted by Crippen LogP contribution is 2.14. The minimum atomic E-state index is -0.383. The summed E-state index contributed by atoms with van der Waals surface area (Å²) in [6.07, 6.45) is 0. The standard InChI is InChI=1S/C12H11NO2S/c13-11-6-2-1-5-10(11)12(14)15-8-9-4-3-7-16-9/h1-7H,8,13H2. The highest BCUT2D eigenvalue weighted by atomic mass is 32.1. The molecule has 0 fully saturated rings. The van der Waals surface area contributed by atoms with Gasteiger partial charge in [-0.05, 0) is 23.6 Å². The maximum atomic E-state index is 11.7. The molecule has 0 amide bonds. The van der Waals surface area contributed by atoms with E-state index in [2.05, 4.69) is 0 Å². The Kier molecular flexibility index (Phi) is 3.22. The van der Waals surface area contributed by atoms with Crippen molar-refractivity contribution in [2.75, 3.05) is 5.73 Å². The number of nitrogen functional groups attached to an aromatic ring is 1. The Morgan fingerprint density at radius 1 is 1.25 bits per heavy atom. The number of hydrogen-bond donors (Lipinski definition) is 1. The number of thiophene rings is 1.